The van der Waals surface area contributed by atoms with Gasteiger partial charge in [-0.1, -0.05) is 6.07 Å². The Labute approximate surface area is 132 Å². The summed E-state index contributed by atoms with van der Waals surface area (Å²) in [6.45, 7) is 2.36. The lowest BCUT2D eigenvalue weighted by molar-refractivity contribution is 0.0717. The van der Waals surface area contributed by atoms with Gasteiger partial charge in [-0.25, -0.2) is 4.98 Å². The highest BCUT2D eigenvalue weighted by molar-refractivity contribution is 7.12. The van der Waals surface area contributed by atoms with Gasteiger partial charge in [-0.15, -0.1) is 11.3 Å². The van der Waals surface area contributed by atoms with Gasteiger partial charge in [-0.05, 0) is 17.9 Å². The van der Waals surface area contributed by atoms with Crippen LogP contribution in [-0.4, -0.2) is 57.8 Å². The lowest BCUT2D eigenvalue weighted by Crippen LogP contribution is -2.37. The van der Waals surface area contributed by atoms with Crippen molar-refractivity contribution in [3.63, 3.8) is 0 Å². The van der Waals surface area contributed by atoms with Crippen LogP contribution in [-0.2, 0) is 0 Å². The molecule has 0 spiro atoms. The van der Waals surface area contributed by atoms with Gasteiger partial charge >= 0.3 is 0 Å². The molecule has 7 heteroatoms. The van der Waals surface area contributed by atoms with Gasteiger partial charge in [0.1, 0.15) is 5.69 Å². The van der Waals surface area contributed by atoms with Crippen LogP contribution >= 0.6 is 11.3 Å². The molecule has 1 aliphatic rings. The number of nitrogens with zero attached hydrogens (tertiary/aromatic N) is 4. The lowest BCUT2D eigenvalue weighted by Gasteiger charge is -2.21. The van der Waals surface area contributed by atoms with Crippen molar-refractivity contribution in [3.8, 4) is 0 Å². The molecule has 1 fully saturated rings. The Morgan fingerprint density at radius 3 is 2.45 bits per heavy atom. The van der Waals surface area contributed by atoms with E-state index < -0.39 is 0 Å². The number of rotatable bonds is 2. The largest absolute Gasteiger partial charge is 0.336 e. The fraction of sp³-hybridized carbons (Fsp3) is 0.333. The number of amides is 2. The summed E-state index contributed by atoms with van der Waals surface area (Å²) >= 11 is 1.45. The third-order valence-corrected chi connectivity index (χ3v) is 4.44. The molecule has 0 atom stereocenters. The minimum atomic E-state index is -0.126. The van der Waals surface area contributed by atoms with Crippen molar-refractivity contribution < 1.29 is 9.59 Å². The highest BCUT2D eigenvalue weighted by Gasteiger charge is 2.24. The van der Waals surface area contributed by atoms with Gasteiger partial charge < -0.3 is 9.80 Å². The highest BCUT2D eigenvalue weighted by Crippen LogP contribution is 2.14. The molecule has 0 N–H and O–H groups in total. The van der Waals surface area contributed by atoms with Gasteiger partial charge in [-0.3, -0.25) is 14.6 Å². The first kappa shape index (κ1) is 14.6. The first-order valence-electron chi connectivity index (χ1n) is 7.14. The van der Waals surface area contributed by atoms with Gasteiger partial charge in [0.25, 0.3) is 11.8 Å². The topological polar surface area (TPSA) is 66.4 Å². The molecule has 1 saturated heterocycles. The van der Waals surface area contributed by atoms with Crippen molar-refractivity contribution in [1.82, 2.24) is 19.8 Å². The molecule has 0 bridgehead atoms. The molecule has 1 aliphatic heterocycles. The van der Waals surface area contributed by atoms with Crippen LogP contribution in [0, 0.1) is 0 Å². The minimum Gasteiger partial charge on any atom is -0.336 e. The van der Waals surface area contributed by atoms with E-state index in [1.54, 1.807) is 11.1 Å². The Hall–Kier alpha value is -2.28. The smallest absolute Gasteiger partial charge is 0.274 e. The van der Waals surface area contributed by atoms with E-state index in [9.17, 15) is 9.59 Å². The van der Waals surface area contributed by atoms with Crippen molar-refractivity contribution in [2.75, 3.05) is 26.2 Å². The summed E-state index contributed by atoms with van der Waals surface area (Å²) in [6.07, 6.45) is 5.29. The maximum absolute atomic E-state index is 12.4. The fourth-order valence-corrected chi connectivity index (χ4v) is 3.14. The maximum Gasteiger partial charge on any atom is 0.274 e. The summed E-state index contributed by atoms with van der Waals surface area (Å²) in [7, 11) is 0. The molecular formula is C15H16N4O2S. The van der Waals surface area contributed by atoms with Crippen LogP contribution < -0.4 is 0 Å². The van der Waals surface area contributed by atoms with Crippen LogP contribution in [0.3, 0.4) is 0 Å². The molecule has 0 radical (unpaired) electrons. The van der Waals surface area contributed by atoms with Gasteiger partial charge in [0.15, 0.2) is 0 Å². The number of aromatic nitrogens is 2. The fourth-order valence-electron chi connectivity index (χ4n) is 2.45. The van der Waals surface area contributed by atoms with Crippen molar-refractivity contribution >= 4 is 23.2 Å². The Morgan fingerprint density at radius 1 is 1.05 bits per heavy atom. The van der Waals surface area contributed by atoms with Crippen molar-refractivity contribution in [2.45, 2.75) is 6.42 Å². The number of thiophene rings is 1. The molecule has 3 rings (SSSR count). The molecule has 6 nitrogen and oxygen atoms in total. The maximum atomic E-state index is 12.4. The summed E-state index contributed by atoms with van der Waals surface area (Å²) in [5, 5.41) is 1.90. The van der Waals surface area contributed by atoms with E-state index in [1.807, 2.05) is 22.4 Å². The summed E-state index contributed by atoms with van der Waals surface area (Å²) in [6, 6.07) is 3.71. The first-order chi connectivity index (χ1) is 10.8. The zero-order valence-electron chi connectivity index (χ0n) is 12.0. The molecule has 3 heterocycles. The molecular weight excluding hydrogens is 300 g/mol. The minimum absolute atomic E-state index is 0.0452. The second-order valence-corrected chi connectivity index (χ2v) is 5.95. The van der Waals surface area contributed by atoms with Crippen LogP contribution in [0.25, 0.3) is 0 Å². The second-order valence-electron chi connectivity index (χ2n) is 5.01. The molecule has 0 aliphatic carbocycles. The van der Waals surface area contributed by atoms with Crippen LogP contribution in [0.15, 0.2) is 36.1 Å². The lowest BCUT2D eigenvalue weighted by atomic mass is 10.3. The van der Waals surface area contributed by atoms with Crippen molar-refractivity contribution in [2.24, 2.45) is 0 Å². The van der Waals surface area contributed by atoms with Crippen LogP contribution in [0.5, 0.6) is 0 Å². The Kier molecular flexibility index (Phi) is 4.43. The zero-order chi connectivity index (χ0) is 15.4. The summed E-state index contributed by atoms with van der Waals surface area (Å²) in [5.41, 5.74) is 0.348. The van der Waals surface area contributed by atoms with E-state index in [4.69, 9.17) is 0 Å². The van der Waals surface area contributed by atoms with Crippen molar-refractivity contribution in [3.05, 3.63) is 46.7 Å². The number of hydrogen-bond donors (Lipinski definition) is 0. The Morgan fingerprint density at radius 2 is 1.82 bits per heavy atom. The standard InChI is InChI=1S/C15H16N4O2S/c20-14(12-11-16-4-5-17-12)18-6-2-7-19(9-8-18)15(21)13-3-1-10-22-13/h1,3-5,10-11H,2,6-9H2. The number of carbonyl (C=O) groups is 2. The third kappa shape index (κ3) is 3.14. The quantitative estimate of drug-likeness (QED) is 0.842. The molecule has 0 unspecified atom stereocenters. The zero-order valence-corrected chi connectivity index (χ0v) is 12.8. The van der Waals surface area contributed by atoms with E-state index in [0.717, 1.165) is 11.3 Å². The molecule has 0 aromatic carbocycles. The normalized spacial score (nSPS) is 15.5. The SMILES string of the molecule is O=C(c1cnccn1)N1CCCN(C(=O)c2cccs2)CC1. The molecule has 114 valence electrons. The molecule has 2 aromatic rings. The predicted molar refractivity (Wildman–Crippen MR) is 82.8 cm³/mol. The summed E-state index contributed by atoms with van der Waals surface area (Å²) in [5.74, 6) is -0.0812. The summed E-state index contributed by atoms with van der Waals surface area (Å²) < 4.78 is 0. The first-order valence-corrected chi connectivity index (χ1v) is 8.02. The Balaban J connectivity index is 1.65. The van der Waals surface area contributed by atoms with E-state index in [1.165, 1.54) is 23.7 Å². The molecule has 2 aromatic heterocycles. The average Bonchev–Trinajstić information content (AvgIpc) is 2.99. The van der Waals surface area contributed by atoms with Crippen LogP contribution in [0.4, 0.5) is 0 Å². The number of hydrogen-bond acceptors (Lipinski definition) is 5. The average molecular weight is 316 g/mol. The molecule has 0 saturated carbocycles. The van der Waals surface area contributed by atoms with Gasteiger partial charge in [0.05, 0.1) is 11.1 Å². The van der Waals surface area contributed by atoms with Gasteiger partial charge in [-0.2, -0.15) is 0 Å². The van der Waals surface area contributed by atoms with Gasteiger partial charge in [0.2, 0.25) is 0 Å². The monoisotopic (exact) mass is 316 g/mol. The molecule has 22 heavy (non-hydrogen) atoms. The van der Waals surface area contributed by atoms with Crippen LogP contribution in [0.2, 0.25) is 0 Å². The Bertz CT molecular complexity index is 645. The van der Waals surface area contributed by atoms with E-state index >= 15 is 0 Å². The van der Waals surface area contributed by atoms with E-state index in [2.05, 4.69) is 9.97 Å². The van der Waals surface area contributed by atoms with Crippen molar-refractivity contribution in [1.29, 1.82) is 0 Å². The van der Waals surface area contributed by atoms with Crippen LogP contribution in [0.1, 0.15) is 26.6 Å². The number of carbonyl (C=O) groups excluding carboxylic acids is 2. The second kappa shape index (κ2) is 6.65. The highest BCUT2D eigenvalue weighted by atomic mass is 32.1. The predicted octanol–water partition coefficient (Wildman–Crippen LogP) is 1.53. The van der Waals surface area contributed by atoms with E-state index in [0.29, 0.717) is 31.9 Å². The van der Waals surface area contributed by atoms with E-state index in [-0.39, 0.29) is 11.8 Å². The third-order valence-electron chi connectivity index (χ3n) is 3.58. The summed E-state index contributed by atoms with van der Waals surface area (Å²) in [4.78, 5) is 37.0. The van der Waals surface area contributed by atoms with Gasteiger partial charge in [0, 0.05) is 38.6 Å². The molecule has 2 amide bonds.